The van der Waals surface area contributed by atoms with E-state index in [1.165, 1.54) is 0 Å². The van der Waals surface area contributed by atoms with Gasteiger partial charge in [0.15, 0.2) is 0 Å². The molecular weight excluding hydrogens is 228 g/mol. The molecule has 1 amide bonds. The number of hydrogen-bond acceptors (Lipinski definition) is 3. The molecule has 4 nitrogen and oxygen atoms in total. The van der Waals surface area contributed by atoms with Gasteiger partial charge in [0, 0.05) is 12.2 Å². The van der Waals surface area contributed by atoms with E-state index in [9.17, 15) is 9.90 Å². The van der Waals surface area contributed by atoms with Crippen molar-refractivity contribution in [3.63, 3.8) is 0 Å². The van der Waals surface area contributed by atoms with Gasteiger partial charge in [-0.25, -0.2) is 0 Å². The predicted molar refractivity (Wildman–Crippen MR) is 69.3 cm³/mol. The van der Waals surface area contributed by atoms with Crippen molar-refractivity contribution in [2.75, 3.05) is 0 Å². The Morgan fingerprint density at radius 2 is 2.33 bits per heavy atom. The average Bonchev–Trinajstić information content (AvgIpc) is 2.33. The van der Waals surface area contributed by atoms with Gasteiger partial charge in [-0.1, -0.05) is 13.0 Å². The van der Waals surface area contributed by atoms with Gasteiger partial charge in [0.05, 0.1) is 6.10 Å². The van der Waals surface area contributed by atoms with Crippen LogP contribution in [0.25, 0.3) is 0 Å². The molecule has 0 aliphatic heterocycles. The van der Waals surface area contributed by atoms with Gasteiger partial charge in [-0.15, -0.1) is 0 Å². The number of aryl methyl sites for hydroxylation is 1. The number of pyridine rings is 1. The van der Waals surface area contributed by atoms with Gasteiger partial charge in [-0.3, -0.25) is 9.78 Å². The van der Waals surface area contributed by atoms with E-state index in [2.05, 4.69) is 17.2 Å². The lowest BCUT2D eigenvalue weighted by atomic mass is 9.76. The van der Waals surface area contributed by atoms with E-state index in [1.54, 1.807) is 6.20 Å². The first kappa shape index (κ1) is 13.0. The number of aliphatic hydroxyl groups is 1. The summed E-state index contributed by atoms with van der Waals surface area (Å²) in [5.74, 6) is 0.291. The summed E-state index contributed by atoms with van der Waals surface area (Å²) < 4.78 is 0. The lowest BCUT2D eigenvalue weighted by molar-refractivity contribution is 0.0232. The highest BCUT2D eigenvalue weighted by molar-refractivity contribution is 5.93. The van der Waals surface area contributed by atoms with Crippen LogP contribution in [0.3, 0.4) is 0 Å². The molecule has 1 aliphatic carbocycles. The summed E-state index contributed by atoms with van der Waals surface area (Å²) in [5, 5.41) is 12.4. The number of carbonyl (C=O) groups is 1. The summed E-state index contributed by atoms with van der Waals surface area (Å²) >= 11 is 0. The summed E-state index contributed by atoms with van der Waals surface area (Å²) in [4.78, 5) is 16.2. The maximum absolute atomic E-state index is 12.1. The topological polar surface area (TPSA) is 62.2 Å². The van der Waals surface area contributed by atoms with Crippen molar-refractivity contribution in [2.45, 2.75) is 45.3 Å². The van der Waals surface area contributed by atoms with E-state index in [0.29, 0.717) is 11.6 Å². The summed E-state index contributed by atoms with van der Waals surface area (Å²) in [6, 6.07) is 3.85. The van der Waals surface area contributed by atoms with Crippen LogP contribution in [0.2, 0.25) is 0 Å². The largest absolute Gasteiger partial charge is 0.393 e. The number of carbonyl (C=O) groups excluding carboxylic acids is 1. The van der Waals surface area contributed by atoms with Gasteiger partial charge in [0.2, 0.25) is 0 Å². The first-order valence-corrected chi connectivity index (χ1v) is 6.52. The molecule has 1 saturated carbocycles. The Hall–Kier alpha value is -1.42. The van der Waals surface area contributed by atoms with Gasteiger partial charge in [-0.05, 0) is 43.7 Å². The standard InChI is InChI=1S/C14H20N2O2/c1-3-12(10-7-11(17)8-10)16-14(18)13-9(2)5-4-6-15-13/h4-6,10-12,17H,3,7-8H2,1-2H3,(H,16,18). The second-order valence-electron chi connectivity index (χ2n) is 5.04. The summed E-state index contributed by atoms with van der Waals surface area (Å²) in [6.45, 7) is 3.94. The fourth-order valence-electron chi connectivity index (χ4n) is 2.47. The van der Waals surface area contributed by atoms with Crippen LogP contribution in [-0.4, -0.2) is 28.1 Å². The zero-order valence-electron chi connectivity index (χ0n) is 10.9. The first-order chi connectivity index (χ1) is 8.61. The SMILES string of the molecule is CCC(NC(=O)c1ncccc1C)C1CC(O)C1. The third-order valence-corrected chi connectivity index (χ3v) is 3.70. The van der Waals surface area contributed by atoms with Crippen LogP contribution >= 0.6 is 0 Å². The molecule has 2 N–H and O–H groups in total. The molecule has 1 unspecified atom stereocenters. The average molecular weight is 248 g/mol. The predicted octanol–water partition coefficient (Wildman–Crippen LogP) is 1.67. The lowest BCUT2D eigenvalue weighted by Crippen LogP contribution is -2.47. The Morgan fingerprint density at radius 3 is 2.89 bits per heavy atom. The third kappa shape index (κ3) is 2.70. The molecule has 98 valence electrons. The minimum atomic E-state index is -0.183. The molecule has 0 bridgehead atoms. The molecule has 0 saturated heterocycles. The smallest absolute Gasteiger partial charge is 0.270 e. The molecule has 0 radical (unpaired) electrons. The summed E-state index contributed by atoms with van der Waals surface area (Å²) in [7, 11) is 0. The molecule has 0 spiro atoms. The molecule has 1 heterocycles. The number of amides is 1. The number of aliphatic hydroxyl groups excluding tert-OH is 1. The first-order valence-electron chi connectivity index (χ1n) is 6.52. The number of nitrogens with zero attached hydrogens (tertiary/aromatic N) is 1. The number of hydrogen-bond donors (Lipinski definition) is 2. The Morgan fingerprint density at radius 1 is 1.61 bits per heavy atom. The fourth-order valence-corrected chi connectivity index (χ4v) is 2.47. The highest BCUT2D eigenvalue weighted by Crippen LogP contribution is 2.31. The summed E-state index contributed by atoms with van der Waals surface area (Å²) in [6.07, 6.45) is 3.92. The van der Waals surface area contributed by atoms with E-state index in [-0.39, 0.29) is 18.1 Å². The molecule has 1 atom stereocenters. The monoisotopic (exact) mass is 248 g/mol. The van der Waals surface area contributed by atoms with Gasteiger partial charge in [0.1, 0.15) is 5.69 Å². The van der Waals surface area contributed by atoms with Crippen molar-refractivity contribution in [3.05, 3.63) is 29.6 Å². The van der Waals surface area contributed by atoms with Crippen molar-refractivity contribution in [1.29, 1.82) is 0 Å². The van der Waals surface area contributed by atoms with Gasteiger partial charge in [0.25, 0.3) is 5.91 Å². The van der Waals surface area contributed by atoms with Crippen LogP contribution in [0.4, 0.5) is 0 Å². The quantitative estimate of drug-likeness (QED) is 0.852. The molecule has 18 heavy (non-hydrogen) atoms. The maximum atomic E-state index is 12.1. The Bertz CT molecular complexity index is 428. The molecule has 4 heteroatoms. The van der Waals surface area contributed by atoms with E-state index in [0.717, 1.165) is 24.8 Å². The van der Waals surface area contributed by atoms with Crippen LogP contribution in [0, 0.1) is 12.8 Å². The highest BCUT2D eigenvalue weighted by atomic mass is 16.3. The Labute approximate surface area is 107 Å². The highest BCUT2D eigenvalue weighted by Gasteiger charge is 2.34. The number of rotatable bonds is 4. The van der Waals surface area contributed by atoms with Gasteiger partial charge < -0.3 is 10.4 Å². The molecule has 1 aliphatic rings. The van der Waals surface area contributed by atoms with Crippen LogP contribution < -0.4 is 5.32 Å². The Kier molecular flexibility index (Phi) is 3.97. The fraction of sp³-hybridized carbons (Fsp3) is 0.571. The van der Waals surface area contributed by atoms with Crippen LogP contribution in [0.15, 0.2) is 18.3 Å². The molecule has 1 fully saturated rings. The van der Waals surface area contributed by atoms with Crippen LogP contribution in [-0.2, 0) is 0 Å². The lowest BCUT2D eigenvalue weighted by Gasteiger charge is -2.37. The van der Waals surface area contributed by atoms with Gasteiger partial charge in [-0.2, -0.15) is 0 Å². The molecule has 1 aromatic rings. The van der Waals surface area contributed by atoms with Gasteiger partial charge >= 0.3 is 0 Å². The molecule has 1 aromatic heterocycles. The minimum absolute atomic E-state index is 0.110. The summed E-state index contributed by atoms with van der Waals surface area (Å²) in [5.41, 5.74) is 1.38. The van der Waals surface area contributed by atoms with Crippen LogP contribution in [0.5, 0.6) is 0 Å². The van der Waals surface area contributed by atoms with Crippen molar-refractivity contribution in [3.8, 4) is 0 Å². The second kappa shape index (κ2) is 5.48. The second-order valence-corrected chi connectivity index (χ2v) is 5.04. The van der Waals surface area contributed by atoms with E-state index in [1.807, 2.05) is 19.1 Å². The van der Waals surface area contributed by atoms with E-state index < -0.39 is 0 Å². The zero-order valence-corrected chi connectivity index (χ0v) is 10.9. The molecular formula is C14H20N2O2. The minimum Gasteiger partial charge on any atom is -0.393 e. The van der Waals surface area contributed by atoms with E-state index >= 15 is 0 Å². The zero-order chi connectivity index (χ0) is 13.1. The van der Waals surface area contributed by atoms with Crippen molar-refractivity contribution >= 4 is 5.91 Å². The van der Waals surface area contributed by atoms with Crippen molar-refractivity contribution < 1.29 is 9.90 Å². The number of aromatic nitrogens is 1. The van der Waals surface area contributed by atoms with E-state index in [4.69, 9.17) is 0 Å². The Balaban J connectivity index is 2.00. The normalized spacial score (nSPS) is 24.2. The maximum Gasteiger partial charge on any atom is 0.270 e. The third-order valence-electron chi connectivity index (χ3n) is 3.70. The molecule has 2 rings (SSSR count). The van der Waals surface area contributed by atoms with Crippen molar-refractivity contribution in [2.24, 2.45) is 5.92 Å². The van der Waals surface area contributed by atoms with Crippen LogP contribution in [0.1, 0.15) is 42.2 Å². The number of nitrogens with one attached hydrogen (secondary N) is 1. The molecule has 0 aromatic carbocycles. The van der Waals surface area contributed by atoms with Crippen molar-refractivity contribution in [1.82, 2.24) is 10.3 Å².